The summed E-state index contributed by atoms with van der Waals surface area (Å²) in [6.07, 6.45) is 8.60. The van der Waals surface area contributed by atoms with E-state index in [1.54, 1.807) is 0 Å². The van der Waals surface area contributed by atoms with Gasteiger partial charge in [-0.25, -0.2) is 4.98 Å². The molecule has 0 aliphatic heterocycles. The van der Waals surface area contributed by atoms with Crippen LogP contribution in [0.1, 0.15) is 37.1 Å². The molecule has 6 heteroatoms. The minimum atomic E-state index is 0.264. The molecule has 0 amide bonds. The molecule has 1 aromatic heterocycles. The van der Waals surface area contributed by atoms with Crippen LogP contribution in [0.2, 0.25) is 0 Å². The smallest absolute Gasteiger partial charge is 0.191 e. The second kappa shape index (κ2) is 8.71. The summed E-state index contributed by atoms with van der Waals surface area (Å²) in [5.74, 6) is 1.97. The quantitative estimate of drug-likeness (QED) is 0.391. The maximum absolute atomic E-state index is 4.36. The SMILES string of the molecule is CN=C(NCCCCn1ccnc1C)NCC1(c2cccc(Br)c2)CC1. The van der Waals surface area contributed by atoms with E-state index in [2.05, 4.69) is 65.4 Å². The van der Waals surface area contributed by atoms with Crippen LogP contribution in [0.5, 0.6) is 0 Å². The molecule has 26 heavy (non-hydrogen) atoms. The molecule has 0 spiro atoms. The Morgan fingerprint density at radius 1 is 1.31 bits per heavy atom. The van der Waals surface area contributed by atoms with Crippen molar-refractivity contribution in [3.8, 4) is 0 Å². The number of aromatic nitrogens is 2. The number of halogens is 1. The van der Waals surface area contributed by atoms with E-state index in [0.29, 0.717) is 0 Å². The fraction of sp³-hybridized carbons (Fsp3) is 0.500. The highest BCUT2D eigenvalue weighted by molar-refractivity contribution is 9.10. The van der Waals surface area contributed by atoms with Crippen LogP contribution in [-0.4, -0.2) is 35.6 Å². The number of unbranched alkanes of at least 4 members (excludes halogenated alkanes) is 1. The zero-order chi connectivity index (χ0) is 18.4. The van der Waals surface area contributed by atoms with E-state index >= 15 is 0 Å². The fourth-order valence-corrected chi connectivity index (χ4v) is 3.66. The molecule has 1 aliphatic carbocycles. The van der Waals surface area contributed by atoms with Crippen molar-refractivity contribution in [1.29, 1.82) is 0 Å². The van der Waals surface area contributed by atoms with Gasteiger partial charge in [-0.2, -0.15) is 0 Å². The van der Waals surface area contributed by atoms with E-state index in [1.807, 2.05) is 26.4 Å². The van der Waals surface area contributed by atoms with Crippen molar-refractivity contribution >= 4 is 21.9 Å². The summed E-state index contributed by atoms with van der Waals surface area (Å²) in [5, 5.41) is 6.94. The molecule has 140 valence electrons. The van der Waals surface area contributed by atoms with Crippen molar-refractivity contribution in [2.45, 2.75) is 44.6 Å². The molecule has 1 fully saturated rings. The van der Waals surface area contributed by atoms with Gasteiger partial charge in [-0.3, -0.25) is 4.99 Å². The van der Waals surface area contributed by atoms with Gasteiger partial charge in [0.25, 0.3) is 0 Å². The molecule has 0 bridgehead atoms. The summed E-state index contributed by atoms with van der Waals surface area (Å²) >= 11 is 3.58. The second-order valence-corrected chi connectivity index (χ2v) is 7.93. The first-order valence-electron chi connectivity index (χ1n) is 9.31. The Bertz CT molecular complexity index is 748. The third kappa shape index (κ3) is 4.87. The number of guanidine groups is 1. The molecule has 0 radical (unpaired) electrons. The van der Waals surface area contributed by atoms with Crippen LogP contribution in [0.15, 0.2) is 46.1 Å². The molecule has 2 aromatic rings. The van der Waals surface area contributed by atoms with E-state index in [1.165, 1.54) is 18.4 Å². The maximum atomic E-state index is 4.36. The molecule has 3 rings (SSSR count). The van der Waals surface area contributed by atoms with Crippen LogP contribution in [0.4, 0.5) is 0 Å². The summed E-state index contributed by atoms with van der Waals surface area (Å²) in [4.78, 5) is 8.62. The Hall–Kier alpha value is -1.82. The zero-order valence-electron chi connectivity index (χ0n) is 15.6. The predicted molar refractivity (Wildman–Crippen MR) is 111 cm³/mol. The minimum Gasteiger partial charge on any atom is -0.356 e. The van der Waals surface area contributed by atoms with E-state index in [0.717, 1.165) is 48.7 Å². The van der Waals surface area contributed by atoms with Gasteiger partial charge in [-0.15, -0.1) is 0 Å². The number of nitrogens with one attached hydrogen (secondary N) is 2. The van der Waals surface area contributed by atoms with Gasteiger partial charge in [-0.05, 0) is 50.3 Å². The van der Waals surface area contributed by atoms with Crippen LogP contribution in [0, 0.1) is 6.92 Å². The van der Waals surface area contributed by atoms with Crippen LogP contribution >= 0.6 is 15.9 Å². The van der Waals surface area contributed by atoms with Crippen LogP contribution in [-0.2, 0) is 12.0 Å². The highest BCUT2D eigenvalue weighted by Gasteiger charge is 2.44. The highest BCUT2D eigenvalue weighted by atomic mass is 79.9. The van der Waals surface area contributed by atoms with Crippen molar-refractivity contribution in [3.63, 3.8) is 0 Å². The molecule has 5 nitrogen and oxygen atoms in total. The molecule has 1 aliphatic rings. The number of nitrogens with zero attached hydrogens (tertiary/aromatic N) is 3. The van der Waals surface area contributed by atoms with Crippen molar-refractivity contribution < 1.29 is 0 Å². The van der Waals surface area contributed by atoms with Gasteiger partial charge in [0.2, 0.25) is 0 Å². The number of rotatable bonds is 8. The number of aliphatic imine (C=N–C) groups is 1. The lowest BCUT2D eigenvalue weighted by molar-refractivity contribution is 0.584. The summed E-state index contributed by atoms with van der Waals surface area (Å²) in [7, 11) is 1.84. The van der Waals surface area contributed by atoms with E-state index < -0.39 is 0 Å². The Labute approximate surface area is 164 Å². The molecule has 0 atom stereocenters. The summed E-state index contributed by atoms with van der Waals surface area (Å²) < 4.78 is 3.35. The number of hydrogen-bond acceptors (Lipinski definition) is 2. The van der Waals surface area contributed by atoms with Gasteiger partial charge in [0.15, 0.2) is 5.96 Å². The molecule has 1 aromatic carbocycles. The van der Waals surface area contributed by atoms with Gasteiger partial charge in [0.05, 0.1) is 0 Å². The van der Waals surface area contributed by atoms with Gasteiger partial charge in [-0.1, -0.05) is 28.1 Å². The van der Waals surface area contributed by atoms with Crippen molar-refractivity contribution in [2.24, 2.45) is 4.99 Å². The highest BCUT2D eigenvalue weighted by Crippen LogP contribution is 2.48. The number of aryl methyl sites for hydroxylation is 2. The molecular weight excluding hydrogens is 390 g/mol. The van der Waals surface area contributed by atoms with Crippen molar-refractivity contribution in [1.82, 2.24) is 20.2 Å². The Morgan fingerprint density at radius 2 is 2.15 bits per heavy atom. The minimum absolute atomic E-state index is 0.264. The summed E-state index contributed by atoms with van der Waals surface area (Å²) in [6, 6.07) is 8.67. The first-order chi connectivity index (χ1) is 12.6. The maximum Gasteiger partial charge on any atom is 0.191 e. The number of hydrogen-bond donors (Lipinski definition) is 2. The molecular formula is C20H28BrN5. The topological polar surface area (TPSA) is 54.2 Å². The molecule has 2 N–H and O–H groups in total. The molecule has 0 saturated heterocycles. The average Bonchev–Trinajstić information content (AvgIpc) is 3.33. The van der Waals surface area contributed by atoms with Crippen LogP contribution in [0.3, 0.4) is 0 Å². The zero-order valence-corrected chi connectivity index (χ0v) is 17.2. The van der Waals surface area contributed by atoms with Crippen LogP contribution in [0.25, 0.3) is 0 Å². The van der Waals surface area contributed by atoms with Gasteiger partial charge in [0.1, 0.15) is 5.82 Å². The third-order valence-electron chi connectivity index (χ3n) is 5.15. The first kappa shape index (κ1) is 19.0. The first-order valence-corrected chi connectivity index (χ1v) is 10.1. The van der Waals surface area contributed by atoms with E-state index in [4.69, 9.17) is 0 Å². The van der Waals surface area contributed by atoms with E-state index in [9.17, 15) is 0 Å². The predicted octanol–water partition coefficient (Wildman–Crippen LogP) is 3.63. The lowest BCUT2D eigenvalue weighted by Gasteiger charge is -2.19. The lowest BCUT2D eigenvalue weighted by Crippen LogP contribution is -2.41. The standard InChI is InChI=1S/C20H28BrN5/c1-16-23-11-13-26(16)12-4-3-10-24-19(22-2)25-15-20(8-9-20)17-6-5-7-18(21)14-17/h5-7,11,13-14H,3-4,8-10,12,15H2,1-2H3,(H2,22,24,25). The fourth-order valence-electron chi connectivity index (χ4n) is 3.26. The van der Waals surface area contributed by atoms with Crippen molar-refractivity contribution in [3.05, 3.63) is 52.5 Å². The van der Waals surface area contributed by atoms with Crippen molar-refractivity contribution in [2.75, 3.05) is 20.1 Å². The van der Waals surface area contributed by atoms with Gasteiger partial charge >= 0.3 is 0 Å². The Morgan fingerprint density at radius 3 is 2.81 bits per heavy atom. The van der Waals surface area contributed by atoms with E-state index in [-0.39, 0.29) is 5.41 Å². The Balaban J connectivity index is 1.39. The van der Waals surface area contributed by atoms with Gasteiger partial charge < -0.3 is 15.2 Å². The summed E-state index contributed by atoms with van der Waals surface area (Å²) in [6.45, 7) is 4.92. The molecule has 1 saturated carbocycles. The second-order valence-electron chi connectivity index (χ2n) is 7.02. The summed E-state index contributed by atoms with van der Waals surface area (Å²) in [5.41, 5.74) is 1.67. The molecule has 0 unspecified atom stereocenters. The third-order valence-corrected chi connectivity index (χ3v) is 5.64. The monoisotopic (exact) mass is 417 g/mol. The van der Waals surface area contributed by atoms with Gasteiger partial charge in [0, 0.05) is 49.0 Å². The average molecular weight is 418 g/mol. The van der Waals surface area contributed by atoms with Crippen LogP contribution < -0.4 is 10.6 Å². The number of benzene rings is 1. The Kier molecular flexibility index (Phi) is 6.35. The number of imidazole rings is 1. The lowest BCUT2D eigenvalue weighted by atomic mass is 9.96. The largest absolute Gasteiger partial charge is 0.356 e. The molecule has 1 heterocycles. The normalized spacial score (nSPS) is 15.7.